The number of methoxy groups -OCH3 is 2. The van der Waals surface area contributed by atoms with E-state index in [0.29, 0.717) is 42.0 Å². The second-order valence-electron chi connectivity index (χ2n) is 10.3. The van der Waals surface area contributed by atoms with Gasteiger partial charge in [0, 0.05) is 17.6 Å². The molecule has 0 radical (unpaired) electrons. The van der Waals surface area contributed by atoms with Crippen LogP contribution in [0.25, 0.3) is 11.0 Å². The lowest BCUT2D eigenvalue weighted by Crippen LogP contribution is -2.51. The summed E-state index contributed by atoms with van der Waals surface area (Å²) in [7, 11) is 3.08. The number of fused-ring (bicyclic) bond motifs is 1. The van der Waals surface area contributed by atoms with Gasteiger partial charge in [0.1, 0.15) is 18.1 Å². The summed E-state index contributed by atoms with van der Waals surface area (Å²) in [6, 6.07) is 21.7. The van der Waals surface area contributed by atoms with Crippen molar-refractivity contribution in [1.82, 2.24) is 25.2 Å². The van der Waals surface area contributed by atoms with Gasteiger partial charge in [-0.1, -0.05) is 66.7 Å². The normalized spacial score (nSPS) is 12.1. The summed E-state index contributed by atoms with van der Waals surface area (Å²) in [6.45, 7) is 6.14. The smallest absolute Gasteiger partial charge is 0.248 e. The molecule has 0 aliphatic heterocycles. The Labute approximate surface area is 235 Å². The van der Waals surface area contributed by atoms with Crippen LogP contribution in [0, 0.1) is 0 Å². The maximum absolute atomic E-state index is 14.2. The summed E-state index contributed by atoms with van der Waals surface area (Å²) in [6.07, 6.45) is 1.27. The Kier molecular flexibility index (Phi) is 9.04. The zero-order chi connectivity index (χ0) is 28.7. The number of hydrogen-bond donors (Lipinski definition) is 1. The van der Waals surface area contributed by atoms with Crippen molar-refractivity contribution in [2.24, 2.45) is 0 Å². The summed E-state index contributed by atoms with van der Waals surface area (Å²) in [5.74, 6) is 0.308. The van der Waals surface area contributed by atoms with Gasteiger partial charge in [0.15, 0.2) is 11.5 Å². The minimum Gasteiger partial charge on any atom is -0.493 e. The Bertz CT molecular complexity index is 1450. The predicted octanol–water partition coefficient (Wildman–Crippen LogP) is 4.57. The van der Waals surface area contributed by atoms with E-state index in [-0.39, 0.29) is 18.4 Å². The number of rotatable bonds is 12. The van der Waals surface area contributed by atoms with Crippen LogP contribution in [-0.4, -0.2) is 58.0 Å². The van der Waals surface area contributed by atoms with E-state index in [2.05, 4.69) is 15.6 Å². The highest BCUT2D eigenvalue weighted by Crippen LogP contribution is 2.38. The molecule has 1 N–H and O–H groups in total. The quantitative estimate of drug-likeness (QED) is 0.281. The molecule has 4 rings (SSSR count). The molecule has 9 heteroatoms. The van der Waals surface area contributed by atoms with Crippen molar-refractivity contribution in [3.05, 3.63) is 83.9 Å². The summed E-state index contributed by atoms with van der Waals surface area (Å²) < 4.78 is 12.9. The zero-order valence-electron chi connectivity index (χ0n) is 23.8. The molecule has 0 aliphatic carbocycles. The molecule has 0 spiro atoms. The predicted molar refractivity (Wildman–Crippen MR) is 154 cm³/mol. The molecule has 1 heterocycles. The van der Waals surface area contributed by atoms with Crippen molar-refractivity contribution >= 4 is 22.8 Å². The number of ether oxygens (including phenoxy) is 2. The average molecular weight is 544 g/mol. The Morgan fingerprint density at radius 1 is 0.975 bits per heavy atom. The molecule has 0 saturated carbocycles. The van der Waals surface area contributed by atoms with E-state index in [1.807, 2.05) is 75.4 Å². The number of aromatic nitrogens is 3. The second kappa shape index (κ2) is 12.6. The molecule has 0 bridgehead atoms. The molecule has 0 aliphatic rings. The Hall–Kier alpha value is -4.40. The molecule has 0 saturated heterocycles. The van der Waals surface area contributed by atoms with Gasteiger partial charge in [-0.3, -0.25) is 9.59 Å². The van der Waals surface area contributed by atoms with Gasteiger partial charge in [-0.25, -0.2) is 4.68 Å². The van der Waals surface area contributed by atoms with Gasteiger partial charge < -0.3 is 19.7 Å². The van der Waals surface area contributed by atoms with E-state index in [1.54, 1.807) is 34.9 Å². The Morgan fingerprint density at radius 3 is 2.40 bits per heavy atom. The van der Waals surface area contributed by atoms with Crippen LogP contribution in [0.1, 0.15) is 44.4 Å². The van der Waals surface area contributed by atoms with E-state index in [0.717, 1.165) is 11.1 Å². The van der Waals surface area contributed by atoms with Crippen molar-refractivity contribution < 1.29 is 19.1 Å². The first kappa shape index (κ1) is 28.6. The number of hydrogen-bond acceptors (Lipinski definition) is 6. The van der Waals surface area contributed by atoms with E-state index in [1.165, 1.54) is 7.11 Å². The summed E-state index contributed by atoms with van der Waals surface area (Å²) in [5.41, 5.74) is 2.54. The molecular weight excluding hydrogens is 506 g/mol. The summed E-state index contributed by atoms with van der Waals surface area (Å²) in [5, 5.41) is 11.6. The third-order valence-corrected chi connectivity index (χ3v) is 7.14. The monoisotopic (exact) mass is 543 g/mol. The van der Waals surface area contributed by atoms with Crippen LogP contribution >= 0.6 is 0 Å². The largest absolute Gasteiger partial charge is 0.493 e. The average Bonchev–Trinajstić information content (AvgIpc) is 3.37. The van der Waals surface area contributed by atoms with Gasteiger partial charge >= 0.3 is 0 Å². The molecule has 1 atom stereocenters. The lowest BCUT2D eigenvalue weighted by molar-refractivity contribution is -0.142. The molecule has 2 amide bonds. The minimum atomic E-state index is -0.984. The summed E-state index contributed by atoms with van der Waals surface area (Å²) in [4.78, 5) is 29.9. The SMILES string of the molecule is CCC(C)(C)NC(=O)[C@H](c1cccc(OC)c1OC)N(CCc1ccccc1)C(=O)Cn1nnc2ccccc21. The second-order valence-corrected chi connectivity index (χ2v) is 10.3. The number of para-hydroxylation sites is 2. The lowest BCUT2D eigenvalue weighted by atomic mass is 9.97. The van der Waals surface area contributed by atoms with Crippen LogP contribution in [-0.2, 0) is 22.6 Å². The first-order valence-electron chi connectivity index (χ1n) is 13.4. The number of nitrogens with zero attached hydrogens (tertiary/aromatic N) is 4. The molecule has 210 valence electrons. The third kappa shape index (κ3) is 6.42. The van der Waals surface area contributed by atoms with Crippen molar-refractivity contribution in [1.29, 1.82) is 0 Å². The van der Waals surface area contributed by atoms with Crippen molar-refractivity contribution in [2.75, 3.05) is 20.8 Å². The van der Waals surface area contributed by atoms with Crippen LogP contribution in [0.3, 0.4) is 0 Å². The van der Waals surface area contributed by atoms with E-state index >= 15 is 0 Å². The van der Waals surface area contributed by atoms with E-state index < -0.39 is 11.6 Å². The standard InChI is InChI=1S/C31H37N5O4/c1-6-31(2,3)32-30(38)28(23-15-12-18-26(39-4)29(23)40-5)35(20-19-22-13-8-7-9-14-22)27(37)21-36-25-17-11-10-16-24(25)33-34-36/h7-18,28H,6,19-21H2,1-5H3,(H,32,38)/t28-/m0/s1. The zero-order valence-corrected chi connectivity index (χ0v) is 23.8. The Balaban J connectivity index is 1.80. The lowest BCUT2D eigenvalue weighted by Gasteiger charge is -2.35. The third-order valence-electron chi connectivity index (χ3n) is 7.14. The van der Waals surface area contributed by atoms with Crippen LogP contribution in [0.5, 0.6) is 11.5 Å². The van der Waals surface area contributed by atoms with Gasteiger partial charge in [-0.05, 0) is 50.5 Å². The fraction of sp³-hybridized carbons (Fsp3) is 0.355. The highest BCUT2D eigenvalue weighted by Gasteiger charge is 2.36. The van der Waals surface area contributed by atoms with Crippen molar-refractivity contribution in [3.8, 4) is 11.5 Å². The van der Waals surface area contributed by atoms with E-state index in [9.17, 15) is 9.59 Å². The van der Waals surface area contributed by atoms with Gasteiger partial charge in [0.05, 0.1) is 19.7 Å². The van der Waals surface area contributed by atoms with Crippen LogP contribution in [0.4, 0.5) is 0 Å². The molecule has 3 aromatic carbocycles. The topological polar surface area (TPSA) is 98.6 Å². The van der Waals surface area contributed by atoms with Crippen molar-refractivity contribution in [3.63, 3.8) is 0 Å². The van der Waals surface area contributed by atoms with E-state index in [4.69, 9.17) is 9.47 Å². The van der Waals surface area contributed by atoms with Crippen molar-refractivity contribution in [2.45, 2.75) is 51.7 Å². The maximum atomic E-state index is 14.2. The fourth-order valence-electron chi connectivity index (χ4n) is 4.61. The van der Waals surface area contributed by atoms with Gasteiger partial charge in [0.25, 0.3) is 0 Å². The first-order valence-corrected chi connectivity index (χ1v) is 13.4. The number of carbonyl (C=O) groups excluding carboxylic acids is 2. The Morgan fingerprint density at radius 2 is 1.70 bits per heavy atom. The first-order chi connectivity index (χ1) is 19.3. The highest BCUT2D eigenvalue weighted by atomic mass is 16.5. The van der Waals surface area contributed by atoms with Gasteiger partial charge in [-0.15, -0.1) is 5.10 Å². The maximum Gasteiger partial charge on any atom is 0.248 e. The number of carbonyl (C=O) groups is 2. The van der Waals surface area contributed by atoms with Gasteiger partial charge in [-0.2, -0.15) is 0 Å². The van der Waals surface area contributed by atoms with Crippen LogP contribution < -0.4 is 14.8 Å². The molecule has 40 heavy (non-hydrogen) atoms. The van der Waals surface area contributed by atoms with Crippen LogP contribution in [0.15, 0.2) is 72.8 Å². The molecular formula is C31H37N5O4. The van der Waals surface area contributed by atoms with Gasteiger partial charge in [0.2, 0.25) is 11.8 Å². The minimum absolute atomic E-state index is 0.0808. The molecule has 4 aromatic rings. The van der Waals surface area contributed by atoms with Crippen LogP contribution in [0.2, 0.25) is 0 Å². The molecule has 0 unspecified atom stereocenters. The fourth-order valence-corrected chi connectivity index (χ4v) is 4.61. The highest BCUT2D eigenvalue weighted by molar-refractivity contribution is 5.90. The molecule has 0 fully saturated rings. The molecule has 1 aromatic heterocycles. The number of nitrogens with one attached hydrogen (secondary N) is 1. The molecule has 9 nitrogen and oxygen atoms in total. The summed E-state index contributed by atoms with van der Waals surface area (Å²) >= 11 is 0. The number of amides is 2. The number of benzene rings is 3.